The van der Waals surface area contributed by atoms with Crippen LogP contribution < -0.4 is 16.6 Å². The zero-order valence-electron chi connectivity index (χ0n) is 19.3. The van der Waals surface area contributed by atoms with E-state index in [1.54, 1.807) is 9.47 Å². The number of anilines is 1. The number of amides is 1. The standard InChI is InChI=1S/C25H28N6O3/c1-15(2)30-14-18(19(16-10-6-4-7-11-16)17-12-8-5-9-13-17)31-20(23(30)34)21(32)22(33)28-25(31)29-24(26)27-3/h4-13,15,18-19,32H,14H2,1-3H3,(H3,26,27,28,29,33)/t18-/m1/s1. The van der Waals surface area contributed by atoms with E-state index in [4.69, 9.17) is 5.73 Å². The lowest BCUT2D eigenvalue weighted by Crippen LogP contribution is -2.50. The summed E-state index contributed by atoms with van der Waals surface area (Å²) in [6, 6.07) is 19.3. The molecule has 176 valence electrons. The average molecular weight is 461 g/mol. The molecule has 2 heterocycles. The minimum atomic E-state index is -0.911. The first kappa shape index (κ1) is 23.0. The molecule has 1 amide bonds. The number of nitrogens with two attached hydrogens (primary N) is 1. The summed E-state index contributed by atoms with van der Waals surface area (Å²) in [7, 11) is 1.50. The molecule has 0 radical (unpaired) electrons. The van der Waals surface area contributed by atoms with Gasteiger partial charge >= 0.3 is 5.56 Å². The Balaban J connectivity index is 2.04. The normalized spacial score (nSPS) is 16.1. The molecule has 0 saturated carbocycles. The molecule has 3 aromatic rings. The zero-order chi connectivity index (χ0) is 24.4. The molecule has 34 heavy (non-hydrogen) atoms. The molecule has 0 bridgehead atoms. The van der Waals surface area contributed by atoms with E-state index in [2.05, 4.69) is 15.3 Å². The van der Waals surface area contributed by atoms with Crippen molar-refractivity contribution in [3.8, 4) is 5.75 Å². The highest BCUT2D eigenvalue weighted by molar-refractivity contribution is 5.97. The lowest BCUT2D eigenvalue weighted by Gasteiger charge is -2.42. The second-order valence-electron chi connectivity index (χ2n) is 8.46. The fourth-order valence-corrected chi connectivity index (χ4v) is 4.47. The van der Waals surface area contributed by atoms with E-state index in [0.29, 0.717) is 6.54 Å². The first-order valence-corrected chi connectivity index (χ1v) is 11.1. The van der Waals surface area contributed by atoms with E-state index in [1.807, 2.05) is 74.5 Å². The molecule has 2 aromatic carbocycles. The number of hydrogen-bond donors (Lipinski definition) is 3. The van der Waals surface area contributed by atoms with E-state index in [-0.39, 0.29) is 29.6 Å². The number of hydrogen-bond acceptors (Lipinski definition) is 5. The molecule has 1 aromatic heterocycles. The number of benzene rings is 2. The van der Waals surface area contributed by atoms with Crippen LogP contribution in [0, 0.1) is 0 Å². The van der Waals surface area contributed by atoms with Crippen molar-refractivity contribution in [2.45, 2.75) is 31.8 Å². The first-order chi connectivity index (χ1) is 16.3. The van der Waals surface area contributed by atoms with Gasteiger partial charge in [0.1, 0.15) is 0 Å². The van der Waals surface area contributed by atoms with Gasteiger partial charge in [-0.25, -0.2) is 0 Å². The molecule has 0 saturated heterocycles. The number of carbonyl (C=O) groups excluding carboxylic acids is 1. The lowest BCUT2D eigenvalue weighted by molar-refractivity contribution is 0.0588. The van der Waals surface area contributed by atoms with Gasteiger partial charge in [-0.3, -0.25) is 24.5 Å². The van der Waals surface area contributed by atoms with Gasteiger partial charge in [0.05, 0.1) is 6.04 Å². The van der Waals surface area contributed by atoms with Crippen LogP contribution in [0.1, 0.15) is 47.4 Å². The summed E-state index contributed by atoms with van der Waals surface area (Å²) in [5, 5.41) is 13.6. The summed E-state index contributed by atoms with van der Waals surface area (Å²) in [6.07, 6.45) is 0. The highest BCUT2D eigenvalue weighted by atomic mass is 16.3. The number of carbonyl (C=O) groups is 1. The topological polar surface area (TPSA) is 126 Å². The van der Waals surface area contributed by atoms with Crippen LogP contribution in [0.15, 0.2) is 70.5 Å². The van der Waals surface area contributed by atoms with Crippen LogP contribution in [-0.2, 0) is 0 Å². The number of aromatic nitrogens is 2. The molecule has 9 nitrogen and oxygen atoms in total. The monoisotopic (exact) mass is 460 g/mol. The van der Waals surface area contributed by atoms with E-state index >= 15 is 0 Å². The largest absolute Gasteiger partial charge is 0.501 e. The van der Waals surface area contributed by atoms with Gasteiger partial charge in [0.2, 0.25) is 11.7 Å². The Morgan fingerprint density at radius 1 is 1.09 bits per heavy atom. The van der Waals surface area contributed by atoms with E-state index < -0.39 is 23.3 Å². The Hall–Kier alpha value is -4.14. The van der Waals surface area contributed by atoms with Gasteiger partial charge < -0.3 is 15.7 Å². The van der Waals surface area contributed by atoms with Gasteiger partial charge in [0, 0.05) is 25.6 Å². The maximum Gasteiger partial charge on any atom is 0.317 e. The van der Waals surface area contributed by atoms with Crippen molar-refractivity contribution in [1.29, 1.82) is 0 Å². The molecule has 0 aliphatic carbocycles. The maximum atomic E-state index is 13.5. The summed E-state index contributed by atoms with van der Waals surface area (Å²) < 4.78 is 1.60. The Morgan fingerprint density at radius 3 is 2.15 bits per heavy atom. The molecule has 1 aliphatic rings. The third-order valence-corrected chi connectivity index (χ3v) is 6.09. The van der Waals surface area contributed by atoms with Crippen molar-refractivity contribution in [3.05, 3.63) is 87.8 Å². The van der Waals surface area contributed by atoms with Crippen LogP contribution in [0.5, 0.6) is 5.75 Å². The molecule has 0 unspecified atom stereocenters. The number of rotatable bonds is 5. The highest BCUT2D eigenvalue weighted by Crippen LogP contribution is 2.41. The molecule has 1 aliphatic heterocycles. The molecule has 9 heteroatoms. The minimum Gasteiger partial charge on any atom is -0.501 e. The van der Waals surface area contributed by atoms with Crippen molar-refractivity contribution >= 4 is 17.8 Å². The molecular formula is C25H28N6O3. The number of fused-ring (bicyclic) bond motifs is 1. The van der Waals surface area contributed by atoms with Gasteiger partial charge in [0.15, 0.2) is 11.7 Å². The third kappa shape index (κ3) is 4.12. The van der Waals surface area contributed by atoms with Crippen LogP contribution in [0.2, 0.25) is 0 Å². The van der Waals surface area contributed by atoms with Gasteiger partial charge in [-0.1, -0.05) is 60.7 Å². The molecule has 0 fully saturated rings. The van der Waals surface area contributed by atoms with Crippen molar-refractivity contribution in [1.82, 2.24) is 14.5 Å². The van der Waals surface area contributed by atoms with Crippen molar-refractivity contribution < 1.29 is 9.90 Å². The summed E-state index contributed by atoms with van der Waals surface area (Å²) in [4.78, 5) is 35.6. The number of aliphatic imine (C=N–C) groups is 1. The fourth-order valence-electron chi connectivity index (χ4n) is 4.47. The van der Waals surface area contributed by atoms with Gasteiger partial charge in [-0.2, -0.15) is 4.98 Å². The predicted octanol–water partition coefficient (Wildman–Crippen LogP) is 2.54. The number of aromatic hydroxyl groups is 1. The molecule has 4 N–H and O–H groups in total. The average Bonchev–Trinajstić information content (AvgIpc) is 2.84. The number of nitrogens with one attached hydrogen (secondary N) is 1. The van der Waals surface area contributed by atoms with Gasteiger partial charge in [-0.05, 0) is 25.0 Å². The quantitative estimate of drug-likeness (QED) is 0.397. The van der Waals surface area contributed by atoms with Crippen LogP contribution >= 0.6 is 0 Å². The van der Waals surface area contributed by atoms with E-state index in [1.165, 1.54) is 7.05 Å². The van der Waals surface area contributed by atoms with Crippen molar-refractivity contribution in [2.24, 2.45) is 10.7 Å². The molecular weight excluding hydrogens is 432 g/mol. The van der Waals surface area contributed by atoms with E-state index in [0.717, 1.165) is 11.1 Å². The SMILES string of the molecule is CN=C(N)Nc1nc(=O)c(O)c2n1[C@@H](C(c1ccccc1)c1ccccc1)CN(C(C)C)C2=O. The maximum absolute atomic E-state index is 13.5. The summed E-state index contributed by atoms with van der Waals surface area (Å²) >= 11 is 0. The number of guanidine groups is 1. The van der Waals surface area contributed by atoms with Gasteiger partial charge in [-0.15, -0.1) is 0 Å². The molecule has 1 atom stereocenters. The third-order valence-electron chi connectivity index (χ3n) is 6.09. The van der Waals surface area contributed by atoms with Gasteiger partial charge in [0.25, 0.3) is 5.91 Å². The Bertz CT molecular complexity index is 1230. The summed E-state index contributed by atoms with van der Waals surface area (Å²) in [5.41, 5.74) is 6.91. The van der Waals surface area contributed by atoms with E-state index in [9.17, 15) is 14.7 Å². The second kappa shape index (κ2) is 9.38. The zero-order valence-corrected chi connectivity index (χ0v) is 19.3. The number of nitrogens with zero attached hydrogens (tertiary/aromatic N) is 4. The second-order valence-corrected chi connectivity index (χ2v) is 8.46. The highest BCUT2D eigenvalue weighted by Gasteiger charge is 2.41. The molecule has 0 spiro atoms. The minimum absolute atomic E-state index is 0.0285. The van der Waals surface area contributed by atoms with Crippen LogP contribution in [0.4, 0.5) is 5.95 Å². The molecule has 4 rings (SSSR count). The fraction of sp³-hybridized carbons (Fsp3) is 0.280. The lowest BCUT2D eigenvalue weighted by atomic mass is 9.83. The van der Waals surface area contributed by atoms with Crippen molar-refractivity contribution in [3.63, 3.8) is 0 Å². The van der Waals surface area contributed by atoms with Crippen LogP contribution in [0.25, 0.3) is 0 Å². The Kier molecular flexibility index (Phi) is 6.36. The Labute approximate surface area is 197 Å². The van der Waals surface area contributed by atoms with Crippen LogP contribution in [-0.4, -0.2) is 51.1 Å². The Morgan fingerprint density at radius 2 is 1.65 bits per heavy atom. The van der Waals surface area contributed by atoms with Crippen molar-refractivity contribution in [2.75, 3.05) is 18.9 Å². The van der Waals surface area contributed by atoms with Crippen LogP contribution in [0.3, 0.4) is 0 Å². The smallest absolute Gasteiger partial charge is 0.317 e. The predicted molar refractivity (Wildman–Crippen MR) is 131 cm³/mol. The summed E-state index contributed by atoms with van der Waals surface area (Å²) in [5.74, 6) is -1.27. The first-order valence-electron chi connectivity index (χ1n) is 11.1. The summed E-state index contributed by atoms with van der Waals surface area (Å²) in [6.45, 7) is 4.14.